The molecule has 0 atom stereocenters. The van der Waals surface area contributed by atoms with Gasteiger partial charge in [-0.25, -0.2) is 12.8 Å². The highest BCUT2D eigenvalue weighted by Gasteiger charge is 2.16. The largest absolute Gasteiger partial charge is 0.325 e. The van der Waals surface area contributed by atoms with Crippen molar-refractivity contribution >= 4 is 21.4 Å². The molecule has 1 heterocycles. The minimum Gasteiger partial charge on any atom is -0.325 e. The summed E-state index contributed by atoms with van der Waals surface area (Å²) in [6, 6.07) is 14.3. The summed E-state index contributed by atoms with van der Waals surface area (Å²) in [7, 11) is -3.29. The number of anilines is 1. The molecule has 0 unspecified atom stereocenters. The van der Waals surface area contributed by atoms with Crippen LogP contribution in [0.2, 0.25) is 0 Å². The van der Waals surface area contributed by atoms with Crippen molar-refractivity contribution in [3.05, 3.63) is 66.1 Å². The van der Waals surface area contributed by atoms with Gasteiger partial charge in [0.2, 0.25) is 5.91 Å². The van der Waals surface area contributed by atoms with Gasteiger partial charge < -0.3 is 9.88 Å². The van der Waals surface area contributed by atoms with E-state index in [1.807, 2.05) is 17.6 Å². The lowest BCUT2D eigenvalue weighted by molar-refractivity contribution is -0.114. The highest BCUT2D eigenvalue weighted by molar-refractivity contribution is 7.90. The third-order valence-electron chi connectivity index (χ3n) is 4.22. The minimum atomic E-state index is -3.29. The molecule has 27 heavy (non-hydrogen) atoms. The number of halogens is 1. The van der Waals surface area contributed by atoms with Crippen molar-refractivity contribution in [2.24, 2.45) is 0 Å². The van der Waals surface area contributed by atoms with Crippen LogP contribution in [-0.2, 0) is 14.6 Å². The first-order valence-corrected chi connectivity index (χ1v) is 10.1. The quantitative estimate of drug-likeness (QED) is 0.738. The van der Waals surface area contributed by atoms with E-state index in [4.69, 9.17) is 0 Å². The third-order valence-corrected chi connectivity index (χ3v) is 5.35. The van der Waals surface area contributed by atoms with Crippen molar-refractivity contribution in [3.63, 3.8) is 0 Å². The zero-order valence-corrected chi connectivity index (χ0v) is 16.0. The first kappa shape index (κ1) is 18.8. The number of carbonyl (C=O) groups excluding carboxylic acids is 1. The lowest BCUT2D eigenvalue weighted by Crippen LogP contribution is -2.07. The zero-order chi connectivity index (χ0) is 19.8. The molecule has 3 rings (SSSR count). The predicted molar refractivity (Wildman–Crippen MR) is 103 cm³/mol. The van der Waals surface area contributed by atoms with Gasteiger partial charge in [0.25, 0.3) is 0 Å². The monoisotopic (exact) mass is 386 g/mol. The fraction of sp³-hybridized carbons (Fsp3) is 0.150. The molecular formula is C20H19FN2O3S. The van der Waals surface area contributed by atoms with E-state index in [-0.39, 0.29) is 16.6 Å². The SMILES string of the molecule is CC(=O)Nc1cc(-c2ccc(S(C)(=O)=O)cc2)n(-c2ccc(F)cc2)c1C. The van der Waals surface area contributed by atoms with E-state index in [9.17, 15) is 17.6 Å². The molecule has 0 saturated heterocycles. The van der Waals surface area contributed by atoms with Gasteiger partial charge in [0.15, 0.2) is 9.84 Å². The van der Waals surface area contributed by atoms with Gasteiger partial charge in [-0.3, -0.25) is 4.79 Å². The van der Waals surface area contributed by atoms with E-state index in [0.717, 1.165) is 28.9 Å². The molecule has 0 radical (unpaired) electrons. The van der Waals surface area contributed by atoms with Gasteiger partial charge in [0.1, 0.15) is 5.82 Å². The molecule has 1 amide bonds. The van der Waals surface area contributed by atoms with Gasteiger partial charge in [-0.15, -0.1) is 0 Å². The van der Waals surface area contributed by atoms with Crippen molar-refractivity contribution in [2.75, 3.05) is 11.6 Å². The number of hydrogen-bond acceptors (Lipinski definition) is 3. The van der Waals surface area contributed by atoms with Gasteiger partial charge in [-0.1, -0.05) is 12.1 Å². The van der Waals surface area contributed by atoms with Crippen LogP contribution in [0.25, 0.3) is 16.9 Å². The Morgan fingerprint density at radius 1 is 1.04 bits per heavy atom. The normalized spacial score (nSPS) is 11.4. The number of nitrogens with zero attached hydrogens (tertiary/aromatic N) is 1. The molecule has 1 N–H and O–H groups in total. The fourth-order valence-corrected chi connectivity index (χ4v) is 3.56. The van der Waals surface area contributed by atoms with E-state index in [0.29, 0.717) is 5.69 Å². The smallest absolute Gasteiger partial charge is 0.221 e. The Morgan fingerprint density at radius 3 is 2.15 bits per heavy atom. The predicted octanol–water partition coefficient (Wildman–Crippen LogP) is 3.95. The van der Waals surface area contributed by atoms with E-state index in [2.05, 4.69) is 5.32 Å². The summed E-state index contributed by atoms with van der Waals surface area (Å²) in [5.41, 5.74) is 3.66. The molecule has 2 aromatic carbocycles. The van der Waals surface area contributed by atoms with Gasteiger partial charge in [-0.2, -0.15) is 0 Å². The van der Waals surface area contributed by atoms with Crippen molar-refractivity contribution in [1.29, 1.82) is 0 Å². The average molecular weight is 386 g/mol. The Hall–Kier alpha value is -2.93. The van der Waals surface area contributed by atoms with Crippen LogP contribution in [0.1, 0.15) is 12.6 Å². The molecule has 0 aliphatic carbocycles. The molecule has 0 saturated carbocycles. The summed E-state index contributed by atoms with van der Waals surface area (Å²) < 4.78 is 38.6. The average Bonchev–Trinajstić information content (AvgIpc) is 2.91. The molecule has 0 aliphatic heterocycles. The zero-order valence-electron chi connectivity index (χ0n) is 15.2. The van der Waals surface area contributed by atoms with Gasteiger partial charge in [0, 0.05) is 24.6 Å². The Bertz CT molecular complexity index is 1100. The summed E-state index contributed by atoms with van der Waals surface area (Å²) in [6.45, 7) is 3.28. The van der Waals surface area contributed by atoms with Crippen molar-refractivity contribution in [3.8, 4) is 16.9 Å². The number of aromatic nitrogens is 1. The van der Waals surface area contributed by atoms with E-state index >= 15 is 0 Å². The van der Waals surface area contributed by atoms with Crippen LogP contribution >= 0.6 is 0 Å². The maximum atomic E-state index is 13.3. The Balaban J connectivity index is 2.18. The number of hydrogen-bond donors (Lipinski definition) is 1. The Kier molecular flexibility index (Phi) is 4.89. The maximum Gasteiger partial charge on any atom is 0.221 e. The number of rotatable bonds is 4. The Morgan fingerprint density at radius 2 is 1.63 bits per heavy atom. The molecule has 0 spiro atoms. The van der Waals surface area contributed by atoms with Crippen LogP contribution in [0.3, 0.4) is 0 Å². The standard InChI is InChI=1S/C20H19FN2O3S/c1-13-19(22-14(2)24)12-20(23(13)17-8-6-16(21)7-9-17)15-4-10-18(11-5-15)27(3,25)26/h4-12H,1-3H3,(H,22,24). The van der Waals surface area contributed by atoms with Crippen LogP contribution in [-0.4, -0.2) is 25.1 Å². The number of sulfone groups is 1. The summed E-state index contributed by atoms with van der Waals surface area (Å²) in [5, 5.41) is 2.79. The molecule has 5 nitrogen and oxygen atoms in total. The van der Waals surface area contributed by atoms with Gasteiger partial charge in [-0.05, 0) is 55.0 Å². The number of benzene rings is 2. The molecule has 0 fully saturated rings. The van der Waals surface area contributed by atoms with Crippen LogP contribution in [0.4, 0.5) is 10.1 Å². The molecule has 7 heteroatoms. The van der Waals surface area contributed by atoms with Crippen LogP contribution in [0, 0.1) is 12.7 Å². The van der Waals surface area contributed by atoms with Crippen molar-refractivity contribution < 1.29 is 17.6 Å². The topological polar surface area (TPSA) is 68.2 Å². The highest BCUT2D eigenvalue weighted by atomic mass is 32.2. The molecular weight excluding hydrogens is 367 g/mol. The van der Waals surface area contributed by atoms with Crippen molar-refractivity contribution in [1.82, 2.24) is 4.57 Å². The second-order valence-electron chi connectivity index (χ2n) is 6.32. The lowest BCUT2D eigenvalue weighted by atomic mass is 10.1. The summed E-state index contributed by atoms with van der Waals surface area (Å²) >= 11 is 0. The fourth-order valence-electron chi connectivity index (χ4n) is 2.93. The minimum absolute atomic E-state index is 0.201. The number of nitrogens with one attached hydrogen (secondary N) is 1. The third kappa shape index (κ3) is 3.93. The number of carbonyl (C=O) groups is 1. The molecule has 140 valence electrons. The Labute approximate surface area is 157 Å². The van der Waals surface area contributed by atoms with Crippen molar-refractivity contribution in [2.45, 2.75) is 18.7 Å². The van der Waals surface area contributed by atoms with Crippen LogP contribution in [0.5, 0.6) is 0 Å². The molecule has 0 aliphatic rings. The van der Waals surface area contributed by atoms with E-state index in [1.54, 1.807) is 36.4 Å². The van der Waals surface area contributed by atoms with Crippen LogP contribution in [0.15, 0.2) is 59.5 Å². The van der Waals surface area contributed by atoms with Crippen LogP contribution < -0.4 is 5.32 Å². The molecule has 0 bridgehead atoms. The molecule has 1 aromatic heterocycles. The van der Waals surface area contributed by atoms with Gasteiger partial charge >= 0.3 is 0 Å². The first-order valence-electron chi connectivity index (χ1n) is 8.23. The summed E-state index contributed by atoms with van der Waals surface area (Å²) in [4.78, 5) is 11.7. The second-order valence-corrected chi connectivity index (χ2v) is 8.33. The maximum absolute atomic E-state index is 13.3. The lowest BCUT2D eigenvalue weighted by Gasteiger charge is -2.13. The van der Waals surface area contributed by atoms with E-state index < -0.39 is 9.84 Å². The number of amides is 1. The second kappa shape index (κ2) is 7.00. The highest BCUT2D eigenvalue weighted by Crippen LogP contribution is 2.33. The van der Waals surface area contributed by atoms with E-state index in [1.165, 1.54) is 19.1 Å². The molecule has 3 aromatic rings. The summed E-state index contributed by atoms with van der Waals surface area (Å²) in [6.07, 6.45) is 1.16. The van der Waals surface area contributed by atoms with Gasteiger partial charge in [0.05, 0.1) is 16.3 Å². The summed E-state index contributed by atoms with van der Waals surface area (Å²) in [5.74, 6) is -0.543. The first-order chi connectivity index (χ1) is 12.7.